The van der Waals surface area contributed by atoms with Crippen molar-refractivity contribution in [1.29, 1.82) is 0 Å². The molecular weight excluding hydrogens is 268 g/mol. The molecule has 3 nitrogen and oxygen atoms in total. The molecule has 19 heavy (non-hydrogen) atoms. The molecule has 1 N–H and O–H groups in total. The Morgan fingerprint density at radius 1 is 1.26 bits per heavy atom. The van der Waals surface area contributed by atoms with Gasteiger partial charge in [0.15, 0.2) is 0 Å². The molecule has 0 saturated carbocycles. The Kier molecular flexibility index (Phi) is 4.55. The molecule has 0 aliphatic rings. The Morgan fingerprint density at radius 2 is 1.95 bits per heavy atom. The van der Waals surface area contributed by atoms with E-state index in [1.165, 1.54) is 23.7 Å². The van der Waals surface area contributed by atoms with Crippen LogP contribution in [0.1, 0.15) is 29.1 Å². The summed E-state index contributed by atoms with van der Waals surface area (Å²) in [5.74, 6) is -1.11. The minimum atomic E-state index is -0.553. The third kappa shape index (κ3) is 3.33. The molecule has 1 heterocycles. The van der Waals surface area contributed by atoms with Gasteiger partial charge in [-0.05, 0) is 49.1 Å². The van der Waals surface area contributed by atoms with Gasteiger partial charge in [-0.1, -0.05) is 11.4 Å². The lowest BCUT2D eigenvalue weighted by molar-refractivity contribution is 0.563. The maximum atomic E-state index is 13.2. The van der Waals surface area contributed by atoms with Crippen molar-refractivity contribution in [2.45, 2.75) is 25.8 Å². The fourth-order valence-corrected chi connectivity index (χ4v) is 2.86. The maximum Gasteiger partial charge on any atom is 0.126 e. The summed E-state index contributed by atoms with van der Waals surface area (Å²) >= 11 is 1.32. The Hall–Kier alpha value is -1.40. The highest BCUT2D eigenvalue weighted by molar-refractivity contribution is 7.05. The fraction of sp³-hybridized carbons (Fsp3) is 0.385. The van der Waals surface area contributed by atoms with E-state index in [-0.39, 0.29) is 6.04 Å². The Labute approximate surface area is 114 Å². The van der Waals surface area contributed by atoms with Crippen LogP contribution in [0.15, 0.2) is 18.2 Å². The lowest BCUT2D eigenvalue weighted by Gasteiger charge is -2.15. The van der Waals surface area contributed by atoms with Gasteiger partial charge in [0.1, 0.15) is 11.6 Å². The van der Waals surface area contributed by atoms with Crippen LogP contribution in [0, 0.1) is 11.6 Å². The molecule has 1 unspecified atom stereocenters. The molecule has 0 aliphatic carbocycles. The van der Waals surface area contributed by atoms with E-state index in [0.29, 0.717) is 12.0 Å². The van der Waals surface area contributed by atoms with Crippen molar-refractivity contribution in [3.8, 4) is 0 Å². The number of aromatic nitrogens is 2. The second kappa shape index (κ2) is 6.16. The molecule has 2 rings (SSSR count). The predicted octanol–water partition coefficient (Wildman–Crippen LogP) is 2.88. The van der Waals surface area contributed by atoms with Crippen molar-refractivity contribution in [2.24, 2.45) is 0 Å². The lowest BCUT2D eigenvalue weighted by atomic mass is 10.0. The summed E-state index contributed by atoms with van der Waals surface area (Å²) in [4.78, 5) is 1.02. The number of benzene rings is 1. The molecule has 1 aromatic heterocycles. The van der Waals surface area contributed by atoms with Crippen LogP contribution in [0.25, 0.3) is 0 Å². The van der Waals surface area contributed by atoms with Gasteiger partial charge in [-0.2, -0.15) is 0 Å². The number of rotatable bonds is 5. The fourth-order valence-electron chi connectivity index (χ4n) is 2.02. The van der Waals surface area contributed by atoms with Crippen molar-refractivity contribution in [1.82, 2.24) is 14.9 Å². The number of likely N-dealkylation sites (N-methyl/N-ethyl adjacent to an activating group) is 1. The summed E-state index contributed by atoms with van der Waals surface area (Å²) in [6.07, 6.45) is 1.30. The van der Waals surface area contributed by atoms with Gasteiger partial charge >= 0.3 is 0 Å². The van der Waals surface area contributed by atoms with E-state index in [1.807, 2.05) is 14.0 Å². The van der Waals surface area contributed by atoms with Crippen LogP contribution in [-0.4, -0.2) is 16.6 Å². The van der Waals surface area contributed by atoms with Crippen molar-refractivity contribution in [3.63, 3.8) is 0 Å². The molecule has 6 heteroatoms. The lowest BCUT2D eigenvalue weighted by Crippen LogP contribution is -2.19. The number of hydrogen-bond acceptors (Lipinski definition) is 4. The van der Waals surface area contributed by atoms with Gasteiger partial charge < -0.3 is 5.32 Å². The zero-order valence-corrected chi connectivity index (χ0v) is 11.6. The minimum absolute atomic E-state index is 0.0313. The number of nitrogens with one attached hydrogen (secondary N) is 1. The van der Waals surface area contributed by atoms with E-state index in [9.17, 15) is 8.78 Å². The summed E-state index contributed by atoms with van der Waals surface area (Å²) in [5.41, 5.74) is 1.55. The first-order chi connectivity index (χ1) is 9.13. The molecule has 0 saturated heterocycles. The Morgan fingerprint density at radius 3 is 2.53 bits per heavy atom. The van der Waals surface area contributed by atoms with Crippen LogP contribution in [-0.2, 0) is 12.8 Å². The van der Waals surface area contributed by atoms with E-state index in [1.54, 1.807) is 0 Å². The standard InChI is InChI=1S/C13H15F2N3S/c1-3-11-13(19-18-17-11)12(16-2)6-8-4-9(14)7-10(15)5-8/h4-5,7,12,16H,3,6H2,1-2H3. The minimum Gasteiger partial charge on any atom is -0.312 e. The van der Waals surface area contributed by atoms with Gasteiger partial charge in [0, 0.05) is 12.1 Å². The van der Waals surface area contributed by atoms with E-state index < -0.39 is 11.6 Å². The first kappa shape index (κ1) is 14.0. The molecule has 0 amide bonds. The van der Waals surface area contributed by atoms with E-state index in [2.05, 4.69) is 14.9 Å². The van der Waals surface area contributed by atoms with Crippen molar-refractivity contribution < 1.29 is 8.78 Å². The average molecular weight is 283 g/mol. The third-order valence-corrected chi connectivity index (χ3v) is 3.83. The SMILES string of the molecule is CCc1nnsc1C(Cc1cc(F)cc(F)c1)NC. The highest BCUT2D eigenvalue weighted by Crippen LogP contribution is 2.24. The highest BCUT2D eigenvalue weighted by Gasteiger charge is 2.18. The van der Waals surface area contributed by atoms with Gasteiger partial charge in [0.05, 0.1) is 10.6 Å². The number of halogens is 2. The van der Waals surface area contributed by atoms with Gasteiger partial charge in [-0.25, -0.2) is 8.78 Å². The summed E-state index contributed by atoms with van der Waals surface area (Å²) in [6.45, 7) is 2.01. The summed E-state index contributed by atoms with van der Waals surface area (Å²) in [7, 11) is 1.82. The normalized spacial score (nSPS) is 12.6. The quantitative estimate of drug-likeness (QED) is 0.917. The second-order valence-electron chi connectivity index (χ2n) is 4.26. The van der Waals surface area contributed by atoms with E-state index >= 15 is 0 Å². The monoisotopic (exact) mass is 283 g/mol. The zero-order valence-electron chi connectivity index (χ0n) is 10.8. The molecule has 0 bridgehead atoms. The third-order valence-electron chi connectivity index (χ3n) is 2.95. The van der Waals surface area contributed by atoms with Crippen LogP contribution in [0.5, 0.6) is 0 Å². The molecule has 0 aliphatic heterocycles. The number of aryl methyl sites for hydroxylation is 1. The topological polar surface area (TPSA) is 37.8 Å². The number of hydrogen-bond donors (Lipinski definition) is 1. The summed E-state index contributed by atoms with van der Waals surface area (Å²) < 4.78 is 30.3. The predicted molar refractivity (Wildman–Crippen MR) is 71.1 cm³/mol. The second-order valence-corrected chi connectivity index (χ2v) is 5.05. The Balaban J connectivity index is 2.24. The van der Waals surface area contributed by atoms with Crippen LogP contribution >= 0.6 is 11.5 Å². The van der Waals surface area contributed by atoms with Crippen LogP contribution in [0.4, 0.5) is 8.78 Å². The van der Waals surface area contributed by atoms with E-state index in [0.717, 1.165) is 23.1 Å². The van der Waals surface area contributed by atoms with Gasteiger partial charge in [-0.15, -0.1) is 5.10 Å². The summed E-state index contributed by atoms with van der Waals surface area (Å²) in [5, 5.41) is 7.21. The van der Waals surface area contributed by atoms with Crippen molar-refractivity contribution >= 4 is 11.5 Å². The zero-order chi connectivity index (χ0) is 13.8. The van der Waals surface area contributed by atoms with Gasteiger partial charge in [0.2, 0.25) is 0 Å². The largest absolute Gasteiger partial charge is 0.312 e. The molecular formula is C13H15F2N3S. The average Bonchev–Trinajstić information content (AvgIpc) is 2.82. The summed E-state index contributed by atoms with van der Waals surface area (Å²) in [6, 6.07) is 3.56. The molecule has 1 aromatic carbocycles. The van der Waals surface area contributed by atoms with Crippen LogP contribution < -0.4 is 5.32 Å². The van der Waals surface area contributed by atoms with Gasteiger partial charge in [0.25, 0.3) is 0 Å². The first-order valence-corrected chi connectivity index (χ1v) is 6.84. The molecule has 2 aromatic rings. The maximum absolute atomic E-state index is 13.2. The molecule has 102 valence electrons. The first-order valence-electron chi connectivity index (χ1n) is 6.07. The van der Waals surface area contributed by atoms with Crippen molar-refractivity contribution in [2.75, 3.05) is 7.05 Å². The van der Waals surface area contributed by atoms with E-state index in [4.69, 9.17) is 0 Å². The van der Waals surface area contributed by atoms with Crippen molar-refractivity contribution in [3.05, 3.63) is 46.0 Å². The molecule has 0 radical (unpaired) electrons. The van der Waals surface area contributed by atoms with Crippen LogP contribution in [0.3, 0.4) is 0 Å². The van der Waals surface area contributed by atoms with Gasteiger partial charge in [-0.3, -0.25) is 0 Å². The molecule has 1 atom stereocenters. The Bertz CT molecular complexity index is 536. The highest BCUT2D eigenvalue weighted by atomic mass is 32.1. The van der Waals surface area contributed by atoms with Crippen LogP contribution in [0.2, 0.25) is 0 Å². The smallest absolute Gasteiger partial charge is 0.126 e. The molecule has 0 spiro atoms. The molecule has 0 fully saturated rings. The number of nitrogens with zero attached hydrogens (tertiary/aromatic N) is 2.